The largest absolute Gasteiger partial charge is 0.466 e. The first-order valence-corrected chi connectivity index (χ1v) is 40.9. The summed E-state index contributed by atoms with van der Waals surface area (Å²) in [4.78, 5) is 108. The van der Waals surface area contributed by atoms with Crippen LogP contribution in [0.1, 0.15) is 374 Å². The molecule has 0 aliphatic carbocycles. The second-order valence-corrected chi connectivity index (χ2v) is 28.1. The predicted octanol–water partition coefficient (Wildman–Crippen LogP) is 18.0. The lowest BCUT2D eigenvalue weighted by molar-refractivity contribution is -0.151. The van der Waals surface area contributed by atoms with Crippen LogP contribution < -0.4 is 10.6 Å². The third-order valence-electron chi connectivity index (χ3n) is 18.9. The second-order valence-electron chi connectivity index (χ2n) is 28.1. The van der Waals surface area contributed by atoms with E-state index in [2.05, 4.69) is 38.3 Å². The molecular weight excluding hydrogens is 1240 g/mol. The molecule has 2 atom stereocenters. The number of esters is 6. The minimum Gasteiger partial charge on any atom is -0.466 e. The molecule has 1 heterocycles. The topological polar surface area (TPSA) is 222 Å². The number of rotatable bonds is 74. The number of hydrogen-bond donors (Lipinski definition) is 2. The van der Waals surface area contributed by atoms with Crippen LogP contribution in [0.3, 0.4) is 0 Å². The van der Waals surface area contributed by atoms with E-state index in [1.54, 1.807) is 0 Å². The Hall–Kier alpha value is -4.32. The summed E-state index contributed by atoms with van der Waals surface area (Å²) in [6.07, 6.45) is 57.7. The van der Waals surface area contributed by atoms with E-state index in [4.69, 9.17) is 28.4 Å². The highest BCUT2D eigenvalue weighted by atomic mass is 16.6. The Kier molecular flexibility index (Phi) is 65.3. The van der Waals surface area contributed by atoms with Crippen LogP contribution in [0.5, 0.6) is 0 Å². The molecule has 0 aromatic rings. The molecule has 1 rings (SSSR count). The summed E-state index contributed by atoms with van der Waals surface area (Å²) in [6.45, 7) is 11.7. The van der Waals surface area contributed by atoms with Gasteiger partial charge in [-0.15, -0.1) is 0 Å². The maximum absolute atomic E-state index is 13.2. The number of hydrogen-bond acceptors (Lipinski definition) is 16. The van der Waals surface area contributed by atoms with E-state index in [0.29, 0.717) is 26.4 Å². The van der Waals surface area contributed by atoms with Crippen molar-refractivity contribution in [1.82, 2.24) is 20.4 Å². The highest BCUT2D eigenvalue weighted by Crippen LogP contribution is 2.18. The van der Waals surface area contributed by atoms with E-state index in [1.165, 1.54) is 231 Å². The van der Waals surface area contributed by atoms with Gasteiger partial charge in [-0.1, -0.05) is 310 Å². The second kappa shape index (κ2) is 69.8. The fraction of sp³-hybridized carbons (Fsp3) is 0.900. The minimum atomic E-state index is -1.24. The third kappa shape index (κ3) is 60.4. The number of ether oxygens (including phenoxy) is 6. The molecule has 0 aromatic heterocycles. The number of piperazine rings is 1. The van der Waals surface area contributed by atoms with Crippen molar-refractivity contribution in [3.63, 3.8) is 0 Å². The number of amides is 2. The molecule has 1 aliphatic rings. The van der Waals surface area contributed by atoms with Gasteiger partial charge in [-0.3, -0.25) is 48.2 Å². The Labute approximate surface area is 597 Å². The van der Waals surface area contributed by atoms with Crippen LogP contribution in [0, 0.1) is 0 Å². The van der Waals surface area contributed by atoms with Gasteiger partial charge in [-0.2, -0.15) is 0 Å². The van der Waals surface area contributed by atoms with E-state index in [1.807, 2.05) is 9.80 Å². The summed E-state index contributed by atoms with van der Waals surface area (Å²) in [6, 6.07) is -2.47. The predicted molar refractivity (Wildman–Crippen MR) is 395 cm³/mol. The maximum Gasteiger partial charge on any atom is 0.308 e. The van der Waals surface area contributed by atoms with Gasteiger partial charge in [0.1, 0.15) is 25.3 Å². The van der Waals surface area contributed by atoms with E-state index < -0.39 is 48.7 Å². The molecule has 1 saturated heterocycles. The van der Waals surface area contributed by atoms with Gasteiger partial charge in [0.05, 0.1) is 65.0 Å². The van der Waals surface area contributed by atoms with Crippen molar-refractivity contribution in [2.24, 2.45) is 0 Å². The van der Waals surface area contributed by atoms with Crippen molar-refractivity contribution in [3.8, 4) is 0 Å². The summed E-state index contributed by atoms with van der Waals surface area (Å²) < 4.78 is 33.3. The van der Waals surface area contributed by atoms with Crippen LogP contribution in [0.4, 0.5) is 0 Å². The van der Waals surface area contributed by atoms with Crippen molar-refractivity contribution in [3.05, 3.63) is 0 Å². The van der Waals surface area contributed by atoms with E-state index >= 15 is 0 Å². The van der Waals surface area contributed by atoms with E-state index in [9.17, 15) is 38.4 Å². The summed E-state index contributed by atoms with van der Waals surface area (Å²) in [5.74, 6) is -4.14. The van der Waals surface area contributed by atoms with Gasteiger partial charge in [0.2, 0.25) is 11.8 Å². The first kappa shape index (κ1) is 91.7. The Morgan fingerprint density at radius 3 is 0.612 bits per heavy atom. The van der Waals surface area contributed by atoms with Crippen molar-refractivity contribution in [2.45, 2.75) is 387 Å². The normalized spacial score (nSPS) is 13.8. The van der Waals surface area contributed by atoms with Crippen molar-refractivity contribution < 1.29 is 66.8 Å². The SMILES string of the molecule is CCCCCCCCCCCCCCOC(=O)CCN(CCOC(=O)CC1NC(=O)C(CC(=O)OCCN(CCC(=O)OCCCCCCCCCCCCCC)CCC(=O)OCCCCCCCCCCCCCC)NC1=O)CCC(=O)OCCCCCCCCCCCCCC. The molecule has 0 radical (unpaired) electrons. The molecule has 0 saturated carbocycles. The number of nitrogens with one attached hydrogen (secondary N) is 2. The van der Waals surface area contributed by atoms with Crippen molar-refractivity contribution in [1.29, 1.82) is 0 Å². The van der Waals surface area contributed by atoms with Gasteiger partial charge in [0.25, 0.3) is 0 Å². The minimum absolute atomic E-state index is 0.0940. The van der Waals surface area contributed by atoms with Crippen LogP contribution in [0.2, 0.25) is 0 Å². The van der Waals surface area contributed by atoms with E-state index in [-0.39, 0.29) is 102 Å². The van der Waals surface area contributed by atoms with Gasteiger partial charge in [-0.25, -0.2) is 0 Å². The molecule has 0 spiro atoms. The summed E-state index contributed by atoms with van der Waals surface area (Å²) >= 11 is 0. The summed E-state index contributed by atoms with van der Waals surface area (Å²) in [5, 5.41) is 5.09. The van der Waals surface area contributed by atoms with Crippen LogP contribution >= 0.6 is 0 Å². The Bertz CT molecular complexity index is 1720. The van der Waals surface area contributed by atoms with Crippen LogP contribution in [-0.4, -0.2) is 148 Å². The lowest BCUT2D eigenvalue weighted by Crippen LogP contribution is -2.62. The lowest BCUT2D eigenvalue weighted by Gasteiger charge is -2.29. The van der Waals surface area contributed by atoms with Crippen LogP contribution in [0.15, 0.2) is 0 Å². The molecule has 2 N–H and O–H groups in total. The molecule has 572 valence electrons. The zero-order valence-electron chi connectivity index (χ0n) is 63.4. The maximum atomic E-state index is 13.2. The van der Waals surface area contributed by atoms with Gasteiger partial charge in [-0.05, 0) is 25.7 Å². The van der Waals surface area contributed by atoms with Crippen molar-refractivity contribution in [2.75, 3.05) is 78.9 Å². The van der Waals surface area contributed by atoms with Crippen LogP contribution in [0.25, 0.3) is 0 Å². The fourth-order valence-corrected chi connectivity index (χ4v) is 12.5. The van der Waals surface area contributed by atoms with Gasteiger partial charge in [0.15, 0.2) is 0 Å². The van der Waals surface area contributed by atoms with Gasteiger partial charge >= 0.3 is 35.8 Å². The van der Waals surface area contributed by atoms with Crippen LogP contribution in [-0.2, 0) is 66.8 Å². The molecule has 2 unspecified atom stereocenters. The third-order valence-corrected chi connectivity index (χ3v) is 18.9. The Morgan fingerprint density at radius 1 is 0.245 bits per heavy atom. The molecule has 1 fully saturated rings. The quantitative estimate of drug-likeness (QED) is 0.0328. The molecule has 98 heavy (non-hydrogen) atoms. The lowest BCUT2D eigenvalue weighted by atomic mass is 10.1. The highest BCUT2D eigenvalue weighted by Gasteiger charge is 2.36. The number of carbonyl (C=O) groups is 8. The zero-order valence-corrected chi connectivity index (χ0v) is 63.4. The molecule has 1 aliphatic heterocycles. The first-order chi connectivity index (χ1) is 47.9. The monoisotopic (exact) mass is 1390 g/mol. The smallest absolute Gasteiger partial charge is 0.308 e. The molecule has 0 aromatic carbocycles. The summed E-state index contributed by atoms with van der Waals surface area (Å²) in [7, 11) is 0. The van der Waals surface area contributed by atoms with Crippen molar-refractivity contribution >= 4 is 47.6 Å². The molecule has 2 amide bonds. The zero-order chi connectivity index (χ0) is 71.3. The number of nitrogens with zero attached hydrogens (tertiary/aromatic N) is 2. The van der Waals surface area contributed by atoms with Gasteiger partial charge in [0, 0.05) is 39.3 Å². The fourth-order valence-electron chi connectivity index (χ4n) is 12.5. The molecule has 18 nitrogen and oxygen atoms in total. The van der Waals surface area contributed by atoms with Gasteiger partial charge < -0.3 is 39.1 Å². The number of carbonyl (C=O) groups excluding carboxylic acids is 8. The average Bonchev–Trinajstić information content (AvgIpc) is 0.901. The molecule has 18 heteroatoms. The molecular formula is C80H148N4O14. The number of unbranched alkanes of at least 4 members (excludes halogenated alkanes) is 44. The Morgan fingerprint density at radius 2 is 0.418 bits per heavy atom. The Balaban J connectivity index is 2.66. The summed E-state index contributed by atoms with van der Waals surface area (Å²) in [5.41, 5.74) is 0. The first-order valence-electron chi connectivity index (χ1n) is 40.9. The highest BCUT2D eigenvalue weighted by molar-refractivity contribution is 6.00. The standard InChI is InChI=1S/C80H148N4O14/c1-5-9-13-17-21-25-29-33-37-41-45-49-63-93-73(85)53-57-83(58-54-74(86)94-64-50-46-42-38-34-30-26-22-18-14-10-6-2)61-67-97-77(89)69-71-79(91)82-72(80(92)81-71)70-78(90)98-68-62-84(59-55-75(87)95-65-51-47-43-39-35-31-27-23-19-15-11-7-3)60-56-76(88)96-66-52-48-44-40-36-32-28-24-20-16-12-8-4/h71-72H,5-70H2,1-4H3,(H,81,92)(H,82,91). The van der Waals surface area contributed by atoms with E-state index in [0.717, 1.165) is 77.0 Å². The molecule has 0 bridgehead atoms. The average molecular weight is 1390 g/mol.